The second kappa shape index (κ2) is 12.5. The molecule has 4 nitrogen and oxygen atoms in total. The lowest BCUT2D eigenvalue weighted by molar-refractivity contribution is -0.135. The molecular formula is C16H24ClF3IN3O. The first-order valence-electron chi connectivity index (χ1n) is 7.69. The van der Waals surface area contributed by atoms with Gasteiger partial charge in [0.2, 0.25) is 0 Å². The van der Waals surface area contributed by atoms with Gasteiger partial charge in [0.25, 0.3) is 0 Å². The van der Waals surface area contributed by atoms with Crippen LogP contribution in [0.3, 0.4) is 0 Å². The molecule has 0 saturated heterocycles. The SMILES string of the molecule is CN=C(NCCCCC(F)(F)F)NCCc1ccc(OC)cc1Cl.I. The number of alkyl halides is 3. The van der Waals surface area contributed by atoms with Gasteiger partial charge in [0, 0.05) is 31.6 Å². The molecule has 1 aromatic carbocycles. The largest absolute Gasteiger partial charge is 0.497 e. The van der Waals surface area contributed by atoms with Crippen LogP contribution >= 0.6 is 35.6 Å². The summed E-state index contributed by atoms with van der Waals surface area (Å²) in [4.78, 5) is 4.03. The molecule has 0 heterocycles. The number of aliphatic imine (C=N–C) groups is 1. The highest BCUT2D eigenvalue weighted by molar-refractivity contribution is 14.0. The summed E-state index contributed by atoms with van der Waals surface area (Å²) in [5.74, 6) is 1.26. The molecule has 25 heavy (non-hydrogen) atoms. The number of nitrogens with one attached hydrogen (secondary N) is 2. The predicted octanol–water partition coefficient (Wildman–Crippen LogP) is 4.41. The maximum Gasteiger partial charge on any atom is 0.389 e. The van der Waals surface area contributed by atoms with Crippen LogP contribution in [-0.4, -0.2) is 39.4 Å². The van der Waals surface area contributed by atoms with E-state index in [-0.39, 0.29) is 30.4 Å². The molecule has 0 aliphatic heterocycles. The lowest BCUT2D eigenvalue weighted by Gasteiger charge is -2.13. The highest BCUT2D eigenvalue weighted by Crippen LogP contribution is 2.23. The number of methoxy groups -OCH3 is 1. The monoisotopic (exact) mass is 493 g/mol. The van der Waals surface area contributed by atoms with E-state index in [2.05, 4.69) is 15.6 Å². The maximum absolute atomic E-state index is 12.0. The molecule has 0 saturated carbocycles. The fraction of sp³-hybridized carbons (Fsp3) is 0.562. The van der Waals surface area contributed by atoms with E-state index in [9.17, 15) is 13.2 Å². The third kappa shape index (κ3) is 10.6. The zero-order valence-electron chi connectivity index (χ0n) is 14.3. The molecule has 0 bridgehead atoms. The Morgan fingerprint density at radius 2 is 1.88 bits per heavy atom. The number of benzene rings is 1. The Kier molecular flexibility index (Phi) is 12.0. The summed E-state index contributed by atoms with van der Waals surface area (Å²) in [6, 6.07) is 5.50. The summed E-state index contributed by atoms with van der Waals surface area (Å²) in [5.41, 5.74) is 0.977. The lowest BCUT2D eigenvalue weighted by atomic mass is 10.1. The van der Waals surface area contributed by atoms with E-state index in [0.29, 0.717) is 42.7 Å². The zero-order valence-corrected chi connectivity index (χ0v) is 17.3. The van der Waals surface area contributed by atoms with Gasteiger partial charge < -0.3 is 15.4 Å². The number of halogens is 5. The van der Waals surface area contributed by atoms with Crippen molar-refractivity contribution in [2.45, 2.75) is 31.9 Å². The molecule has 1 aromatic rings. The quantitative estimate of drug-likeness (QED) is 0.244. The van der Waals surface area contributed by atoms with Gasteiger partial charge in [-0.2, -0.15) is 13.2 Å². The van der Waals surface area contributed by atoms with E-state index in [1.807, 2.05) is 12.1 Å². The summed E-state index contributed by atoms with van der Waals surface area (Å²) in [7, 11) is 3.20. The normalized spacial score (nSPS) is 11.7. The van der Waals surface area contributed by atoms with Crippen molar-refractivity contribution in [3.8, 4) is 5.75 Å². The van der Waals surface area contributed by atoms with Crippen molar-refractivity contribution in [2.24, 2.45) is 4.99 Å². The third-order valence-corrected chi connectivity index (χ3v) is 3.70. The molecule has 0 atom stereocenters. The Hall–Kier alpha value is -0.900. The minimum Gasteiger partial charge on any atom is -0.497 e. The summed E-state index contributed by atoms with van der Waals surface area (Å²) >= 11 is 6.17. The van der Waals surface area contributed by atoms with Crippen LogP contribution < -0.4 is 15.4 Å². The Morgan fingerprint density at radius 3 is 2.44 bits per heavy atom. The highest BCUT2D eigenvalue weighted by Gasteiger charge is 2.25. The number of rotatable bonds is 8. The van der Waals surface area contributed by atoms with Crippen molar-refractivity contribution >= 4 is 41.5 Å². The molecule has 0 amide bonds. The zero-order chi connectivity index (χ0) is 18.0. The molecule has 144 valence electrons. The molecule has 0 spiro atoms. The minimum absolute atomic E-state index is 0. The highest BCUT2D eigenvalue weighted by atomic mass is 127. The molecule has 0 radical (unpaired) electrons. The van der Waals surface area contributed by atoms with Crippen LogP contribution in [0.15, 0.2) is 23.2 Å². The van der Waals surface area contributed by atoms with Crippen molar-refractivity contribution in [1.29, 1.82) is 0 Å². The van der Waals surface area contributed by atoms with Crippen LogP contribution in [0.1, 0.15) is 24.8 Å². The molecule has 0 aliphatic carbocycles. The Bertz CT molecular complexity index is 542. The molecule has 1 rings (SSSR count). The second-order valence-corrected chi connectivity index (χ2v) is 5.61. The second-order valence-electron chi connectivity index (χ2n) is 5.21. The minimum atomic E-state index is -4.09. The number of unbranched alkanes of at least 4 members (excludes halogenated alkanes) is 1. The van der Waals surface area contributed by atoms with Gasteiger partial charge in [-0.15, -0.1) is 24.0 Å². The van der Waals surface area contributed by atoms with Crippen molar-refractivity contribution in [2.75, 3.05) is 27.2 Å². The first-order valence-corrected chi connectivity index (χ1v) is 8.07. The first-order chi connectivity index (χ1) is 11.4. The van der Waals surface area contributed by atoms with E-state index >= 15 is 0 Å². The van der Waals surface area contributed by atoms with Gasteiger partial charge in [-0.05, 0) is 37.0 Å². The van der Waals surface area contributed by atoms with E-state index in [4.69, 9.17) is 16.3 Å². The smallest absolute Gasteiger partial charge is 0.389 e. The Morgan fingerprint density at radius 1 is 1.20 bits per heavy atom. The topological polar surface area (TPSA) is 45.7 Å². The fourth-order valence-corrected chi connectivity index (χ4v) is 2.32. The fourth-order valence-electron chi connectivity index (χ4n) is 2.05. The van der Waals surface area contributed by atoms with Crippen molar-refractivity contribution in [3.05, 3.63) is 28.8 Å². The summed E-state index contributed by atoms with van der Waals surface area (Å²) in [6.45, 7) is 1.05. The molecule has 9 heteroatoms. The standard InChI is InChI=1S/C16H23ClF3N3O.HI/c1-21-15(22-9-4-3-8-16(18,19)20)23-10-7-12-5-6-13(24-2)11-14(12)17;/h5-6,11H,3-4,7-10H2,1-2H3,(H2,21,22,23);1H. The van der Waals surface area contributed by atoms with Gasteiger partial charge in [0.15, 0.2) is 5.96 Å². The molecule has 0 aliphatic rings. The molecule has 0 aromatic heterocycles. The average Bonchev–Trinajstić information content (AvgIpc) is 2.53. The maximum atomic E-state index is 12.0. The van der Waals surface area contributed by atoms with Crippen LogP contribution in [-0.2, 0) is 6.42 Å². The first kappa shape index (κ1) is 24.1. The predicted molar refractivity (Wildman–Crippen MR) is 106 cm³/mol. The Balaban J connectivity index is 0.00000576. The number of hydrogen-bond acceptors (Lipinski definition) is 2. The van der Waals surface area contributed by atoms with Crippen LogP contribution in [0.5, 0.6) is 5.75 Å². The molecule has 0 fully saturated rings. The van der Waals surface area contributed by atoms with E-state index in [1.165, 1.54) is 0 Å². The van der Waals surface area contributed by atoms with Crippen LogP contribution in [0.2, 0.25) is 5.02 Å². The number of hydrogen-bond donors (Lipinski definition) is 2. The number of nitrogens with zero attached hydrogens (tertiary/aromatic N) is 1. The van der Waals surface area contributed by atoms with Crippen LogP contribution in [0.4, 0.5) is 13.2 Å². The molecular weight excluding hydrogens is 470 g/mol. The lowest BCUT2D eigenvalue weighted by Crippen LogP contribution is -2.38. The Labute approximate surface area is 168 Å². The average molecular weight is 494 g/mol. The summed E-state index contributed by atoms with van der Waals surface area (Å²) in [5, 5.41) is 6.73. The van der Waals surface area contributed by atoms with Gasteiger partial charge in [0.05, 0.1) is 7.11 Å². The van der Waals surface area contributed by atoms with E-state index in [0.717, 1.165) is 5.56 Å². The van der Waals surface area contributed by atoms with Gasteiger partial charge >= 0.3 is 6.18 Å². The third-order valence-electron chi connectivity index (χ3n) is 3.35. The molecule has 0 unspecified atom stereocenters. The van der Waals surface area contributed by atoms with Gasteiger partial charge in [-0.3, -0.25) is 4.99 Å². The van der Waals surface area contributed by atoms with Crippen LogP contribution in [0, 0.1) is 0 Å². The number of ether oxygens (including phenoxy) is 1. The summed E-state index contributed by atoms with van der Waals surface area (Å²) in [6.07, 6.45) is -3.61. The van der Waals surface area contributed by atoms with Gasteiger partial charge in [0.1, 0.15) is 5.75 Å². The van der Waals surface area contributed by atoms with Crippen molar-refractivity contribution in [1.82, 2.24) is 10.6 Å². The van der Waals surface area contributed by atoms with Crippen molar-refractivity contribution < 1.29 is 17.9 Å². The van der Waals surface area contributed by atoms with E-state index < -0.39 is 12.6 Å². The van der Waals surface area contributed by atoms with E-state index in [1.54, 1.807) is 20.2 Å². The van der Waals surface area contributed by atoms with Crippen molar-refractivity contribution in [3.63, 3.8) is 0 Å². The van der Waals surface area contributed by atoms with Gasteiger partial charge in [-0.1, -0.05) is 17.7 Å². The van der Waals surface area contributed by atoms with Crippen LogP contribution in [0.25, 0.3) is 0 Å². The number of guanidine groups is 1. The summed E-state index contributed by atoms with van der Waals surface area (Å²) < 4.78 is 41.2. The van der Waals surface area contributed by atoms with Gasteiger partial charge in [-0.25, -0.2) is 0 Å². The molecule has 2 N–H and O–H groups in total.